The Balaban J connectivity index is 1.17. The average molecular weight is 490 g/mol. The number of allylic oxidation sites excluding steroid dienone is 1. The van der Waals surface area contributed by atoms with Crippen molar-refractivity contribution < 1.29 is 24.2 Å². The van der Waals surface area contributed by atoms with Gasteiger partial charge in [-0.25, -0.2) is 9.78 Å². The molecule has 2 aromatic carbocycles. The summed E-state index contributed by atoms with van der Waals surface area (Å²) in [5.41, 5.74) is 4.69. The molecule has 2 amide bonds. The highest BCUT2D eigenvalue weighted by atomic mass is 32.1. The van der Waals surface area contributed by atoms with E-state index >= 15 is 0 Å². The Labute approximate surface area is 205 Å². The first-order valence-corrected chi connectivity index (χ1v) is 12.2. The summed E-state index contributed by atoms with van der Waals surface area (Å²) in [5.74, 6) is -1.88. The summed E-state index contributed by atoms with van der Waals surface area (Å²) >= 11 is 1.11. The van der Waals surface area contributed by atoms with Gasteiger partial charge in [-0.2, -0.15) is 0 Å². The average Bonchev–Trinajstić information content (AvgIpc) is 3.46. The molecule has 2 aliphatic carbocycles. The molecular weight excluding hydrogens is 466 g/mol. The van der Waals surface area contributed by atoms with E-state index in [-0.39, 0.29) is 29.4 Å². The van der Waals surface area contributed by atoms with E-state index < -0.39 is 23.9 Å². The quantitative estimate of drug-likeness (QED) is 0.434. The number of nitrogens with one attached hydrogen (secondary N) is 2. The lowest BCUT2D eigenvalue weighted by molar-refractivity contribution is -0.142. The number of carboxylic acids is 1. The van der Waals surface area contributed by atoms with Crippen molar-refractivity contribution in [2.45, 2.75) is 24.8 Å². The minimum absolute atomic E-state index is 0.0519. The normalized spacial score (nSPS) is 18.4. The Morgan fingerprint density at radius 3 is 2.43 bits per heavy atom. The van der Waals surface area contributed by atoms with Gasteiger partial charge in [-0.15, -0.1) is 11.3 Å². The number of hydrogen-bond donors (Lipinski definition) is 3. The Morgan fingerprint density at radius 2 is 1.74 bits per heavy atom. The molecule has 2 atom stereocenters. The van der Waals surface area contributed by atoms with Gasteiger partial charge in [0.2, 0.25) is 0 Å². The van der Waals surface area contributed by atoms with Gasteiger partial charge in [0.1, 0.15) is 12.3 Å². The number of hydrogen-bond acceptors (Lipinski definition) is 6. The molecule has 0 aliphatic heterocycles. The molecule has 178 valence electrons. The largest absolute Gasteiger partial charge is 0.481 e. The summed E-state index contributed by atoms with van der Waals surface area (Å²) in [6, 6.07) is 15.8. The fourth-order valence-corrected chi connectivity index (χ4v) is 5.27. The number of anilines is 1. The summed E-state index contributed by atoms with van der Waals surface area (Å²) in [5, 5.41) is 16.3. The maximum absolute atomic E-state index is 12.5. The number of aliphatic carboxylic acids is 1. The first-order valence-electron chi connectivity index (χ1n) is 11.3. The molecular formula is C26H23N3O5S. The Hall–Kier alpha value is -3.98. The summed E-state index contributed by atoms with van der Waals surface area (Å²) in [6.45, 7) is 0.178. The third-order valence-electron chi connectivity index (χ3n) is 6.28. The topological polar surface area (TPSA) is 118 Å². The van der Waals surface area contributed by atoms with Crippen molar-refractivity contribution in [2.75, 3.05) is 11.9 Å². The van der Waals surface area contributed by atoms with Crippen LogP contribution in [0.5, 0.6) is 0 Å². The van der Waals surface area contributed by atoms with Gasteiger partial charge in [-0.05, 0) is 35.1 Å². The van der Waals surface area contributed by atoms with Gasteiger partial charge in [0.25, 0.3) is 5.91 Å². The lowest BCUT2D eigenvalue weighted by Gasteiger charge is -2.22. The third-order valence-corrected chi connectivity index (χ3v) is 7.04. The van der Waals surface area contributed by atoms with Crippen LogP contribution in [-0.2, 0) is 9.53 Å². The van der Waals surface area contributed by atoms with Crippen LogP contribution in [0.3, 0.4) is 0 Å². The zero-order chi connectivity index (χ0) is 24.4. The van der Waals surface area contributed by atoms with Crippen LogP contribution in [0.4, 0.5) is 9.93 Å². The van der Waals surface area contributed by atoms with Crippen molar-refractivity contribution in [3.63, 3.8) is 0 Å². The molecule has 0 saturated carbocycles. The fourth-order valence-electron chi connectivity index (χ4n) is 4.60. The number of rotatable bonds is 6. The SMILES string of the molecule is O=C(Nc1nc(C(=O)NC2C=CCC(C(=O)O)C2)cs1)OCC1c2ccccc2-c2ccccc21. The summed E-state index contributed by atoms with van der Waals surface area (Å²) < 4.78 is 5.52. The lowest BCUT2D eigenvalue weighted by atomic mass is 9.91. The van der Waals surface area contributed by atoms with E-state index in [1.165, 1.54) is 5.38 Å². The maximum atomic E-state index is 12.5. The number of amides is 2. The summed E-state index contributed by atoms with van der Waals surface area (Å²) in [6.07, 6.45) is 3.68. The zero-order valence-corrected chi connectivity index (χ0v) is 19.5. The predicted octanol–water partition coefficient (Wildman–Crippen LogP) is 4.65. The van der Waals surface area contributed by atoms with Crippen LogP contribution in [0.2, 0.25) is 0 Å². The smallest absolute Gasteiger partial charge is 0.413 e. The highest BCUT2D eigenvalue weighted by molar-refractivity contribution is 7.14. The van der Waals surface area contributed by atoms with E-state index in [9.17, 15) is 19.5 Å². The third kappa shape index (κ3) is 4.81. The molecule has 8 nitrogen and oxygen atoms in total. The van der Waals surface area contributed by atoms with Crippen LogP contribution in [0, 0.1) is 5.92 Å². The molecule has 3 N–H and O–H groups in total. The molecule has 0 bridgehead atoms. The van der Waals surface area contributed by atoms with Gasteiger partial charge in [0, 0.05) is 17.3 Å². The predicted molar refractivity (Wildman–Crippen MR) is 132 cm³/mol. The highest BCUT2D eigenvalue weighted by Crippen LogP contribution is 2.44. The molecule has 0 spiro atoms. The van der Waals surface area contributed by atoms with E-state index in [1.54, 1.807) is 12.2 Å². The van der Waals surface area contributed by atoms with Crippen molar-refractivity contribution >= 4 is 34.4 Å². The second-order valence-corrected chi connectivity index (χ2v) is 9.36. The van der Waals surface area contributed by atoms with Crippen molar-refractivity contribution in [1.82, 2.24) is 10.3 Å². The first kappa shape index (κ1) is 22.8. The molecule has 1 heterocycles. The maximum Gasteiger partial charge on any atom is 0.413 e. The van der Waals surface area contributed by atoms with Crippen molar-refractivity contribution in [3.8, 4) is 11.1 Å². The molecule has 2 unspecified atom stereocenters. The number of ether oxygens (including phenoxy) is 1. The molecule has 0 saturated heterocycles. The summed E-state index contributed by atoms with van der Waals surface area (Å²) in [4.78, 5) is 40.4. The second-order valence-electron chi connectivity index (χ2n) is 8.50. The van der Waals surface area contributed by atoms with E-state index in [0.29, 0.717) is 12.8 Å². The zero-order valence-electron chi connectivity index (χ0n) is 18.6. The number of aromatic nitrogens is 1. The Bertz CT molecular complexity index is 1270. The van der Waals surface area contributed by atoms with Crippen molar-refractivity contribution in [2.24, 2.45) is 5.92 Å². The van der Waals surface area contributed by atoms with Gasteiger partial charge in [-0.1, -0.05) is 60.7 Å². The molecule has 35 heavy (non-hydrogen) atoms. The van der Waals surface area contributed by atoms with Gasteiger partial charge in [-0.3, -0.25) is 14.9 Å². The standard InChI is InChI=1S/C26H23N3O5S/c30-23(27-16-7-5-6-15(12-16)24(31)32)22-14-35-25(28-22)29-26(33)34-13-21-19-10-3-1-8-17(19)18-9-2-4-11-20(18)21/h1-5,7-11,14-16,21H,6,12-13H2,(H,27,30)(H,31,32)(H,28,29,33). The number of nitrogens with zero attached hydrogens (tertiary/aromatic N) is 1. The Kier molecular flexibility index (Phi) is 6.33. The van der Waals surface area contributed by atoms with Crippen molar-refractivity contribution in [1.29, 1.82) is 0 Å². The van der Waals surface area contributed by atoms with Crippen molar-refractivity contribution in [3.05, 3.63) is 82.9 Å². The van der Waals surface area contributed by atoms with Crippen LogP contribution < -0.4 is 10.6 Å². The number of carbonyl (C=O) groups is 3. The minimum Gasteiger partial charge on any atom is -0.481 e. The molecule has 9 heteroatoms. The molecule has 0 fully saturated rings. The molecule has 2 aliphatic rings. The van der Waals surface area contributed by atoms with E-state index in [2.05, 4.69) is 27.8 Å². The second kappa shape index (κ2) is 9.71. The fraction of sp³-hybridized carbons (Fsp3) is 0.231. The summed E-state index contributed by atoms with van der Waals surface area (Å²) in [7, 11) is 0. The molecule has 5 rings (SSSR count). The van der Waals surface area contributed by atoms with E-state index in [1.807, 2.05) is 36.4 Å². The first-order chi connectivity index (χ1) is 17.0. The van der Waals surface area contributed by atoms with Gasteiger partial charge >= 0.3 is 12.1 Å². The van der Waals surface area contributed by atoms with Crippen LogP contribution >= 0.6 is 11.3 Å². The molecule has 1 aromatic heterocycles. The molecule has 0 radical (unpaired) electrons. The van der Waals surface area contributed by atoms with E-state index in [4.69, 9.17) is 4.74 Å². The lowest BCUT2D eigenvalue weighted by Crippen LogP contribution is -2.37. The van der Waals surface area contributed by atoms with Crippen LogP contribution in [0.15, 0.2) is 66.1 Å². The molecule has 3 aromatic rings. The van der Waals surface area contributed by atoms with Gasteiger partial charge in [0.05, 0.1) is 5.92 Å². The number of fused-ring (bicyclic) bond motifs is 3. The number of carboxylic acid groups (broad SMARTS) is 1. The van der Waals surface area contributed by atoms with E-state index in [0.717, 1.165) is 33.6 Å². The number of carbonyl (C=O) groups excluding carboxylic acids is 2. The minimum atomic E-state index is -0.878. The van der Waals surface area contributed by atoms with Gasteiger partial charge in [0.15, 0.2) is 5.13 Å². The number of thiazole rings is 1. The monoisotopic (exact) mass is 489 g/mol. The highest BCUT2D eigenvalue weighted by Gasteiger charge is 2.29. The van der Waals surface area contributed by atoms with Crippen LogP contribution in [-0.4, -0.2) is 40.7 Å². The number of benzene rings is 2. The van der Waals surface area contributed by atoms with Gasteiger partial charge < -0.3 is 15.2 Å². The van der Waals surface area contributed by atoms with Crippen LogP contribution in [0.25, 0.3) is 11.1 Å². The Morgan fingerprint density at radius 1 is 1.06 bits per heavy atom. The van der Waals surface area contributed by atoms with Crippen LogP contribution in [0.1, 0.15) is 40.4 Å².